The third-order valence-corrected chi connectivity index (χ3v) is 3.33. The van der Waals surface area contributed by atoms with Crippen molar-refractivity contribution in [3.63, 3.8) is 0 Å². The van der Waals surface area contributed by atoms with E-state index in [2.05, 4.69) is 5.32 Å². The van der Waals surface area contributed by atoms with Gasteiger partial charge in [-0.05, 0) is 30.9 Å². The first-order valence-electron chi connectivity index (χ1n) is 7.05. The predicted octanol–water partition coefficient (Wildman–Crippen LogP) is 2.21. The Morgan fingerprint density at radius 3 is 2.40 bits per heavy atom. The van der Waals surface area contributed by atoms with Crippen LogP contribution in [0.1, 0.15) is 31.4 Å². The second-order valence-corrected chi connectivity index (χ2v) is 5.42. The molecule has 0 heterocycles. The smallest absolute Gasteiger partial charge is 0.223 e. The lowest BCUT2D eigenvalue weighted by Gasteiger charge is -2.20. The summed E-state index contributed by atoms with van der Waals surface area (Å²) in [5, 5.41) is 12.0. The lowest BCUT2D eigenvalue weighted by molar-refractivity contribution is -0.122. The van der Waals surface area contributed by atoms with Gasteiger partial charge in [-0.2, -0.15) is 0 Å². The number of para-hydroxylation sites is 1. The second kappa shape index (κ2) is 7.90. The van der Waals surface area contributed by atoms with E-state index >= 15 is 0 Å². The largest absolute Gasteiger partial charge is 0.493 e. The highest BCUT2D eigenvalue weighted by Gasteiger charge is 2.15. The molecule has 0 unspecified atom stereocenters. The van der Waals surface area contributed by atoms with Crippen LogP contribution in [-0.4, -0.2) is 30.3 Å². The van der Waals surface area contributed by atoms with E-state index in [1.807, 2.05) is 45.9 Å². The fourth-order valence-corrected chi connectivity index (χ4v) is 1.97. The molecule has 0 aliphatic carbocycles. The van der Waals surface area contributed by atoms with Gasteiger partial charge in [0.05, 0.1) is 25.7 Å². The van der Waals surface area contributed by atoms with E-state index in [9.17, 15) is 9.90 Å². The third kappa shape index (κ3) is 4.85. The van der Waals surface area contributed by atoms with Crippen LogP contribution in [0.3, 0.4) is 0 Å². The molecule has 1 aromatic carbocycles. The van der Waals surface area contributed by atoms with Crippen molar-refractivity contribution in [1.29, 1.82) is 0 Å². The Hall–Kier alpha value is -1.55. The van der Waals surface area contributed by atoms with Gasteiger partial charge < -0.3 is 15.2 Å². The minimum absolute atomic E-state index is 0.0405. The average Bonchev–Trinajstić information content (AvgIpc) is 2.39. The molecule has 0 aliphatic heterocycles. The molecular formula is C16H25NO3. The number of aliphatic hydroxyl groups excluding tert-OH is 1. The van der Waals surface area contributed by atoms with Crippen molar-refractivity contribution < 1.29 is 14.6 Å². The molecular weight excluding hydrogens is 254 g/mol. The average molecular weight is 279 g/mol. The Bertz CT molecular complexity index is 423. The van der Waals surface area contributed by atoms with Gasteiger partial charge in [0.25, 0.3) is 0 Å². The molecule has 2 N–H and O–H groups in total. The molecule has 0 radical (unpaired) electrons. The van der Waals surface area contributed by atoms with Crippen molar-refractivity contribution in [3.8, 4) is 5.75 Å². The Balaban J connectivity index is 2.42. The van der Waals surface area contributed by atoms with Crippen molar-refractivity contribution in [1.82, 2.24) is 5.32 Å². The first-order valence-corrected chi connectivity index (χ1v) is 7.05. The maximum atomic E-state index is 11.8. The third-order valence-electron chi connectivity index (χ3n) is 3.33. The highest BCUT2D eigenvalue weighted by atomic mass is 16.5. The minimum Gasteiger partial charge on any atom is -0.493 e. The van der Waals surface area contributed by atoms with E-state index in [1.54, 1.807) is 0 Å². The van der Waals surface area contributed by atoms with Gasteiger partial charge in [0.1, 0.15) is 5.75 Å². The first-order chi connectivity index (χ1) is 9.45. The fraction of sp³-hybridized carbons (Fsp3) is 0.562. The molecule has 1 rings (SSSR count). The topological polar surface area (TPSA) is 58.6 Å². The van der Waals surface area contributed by atoms with Gasteiger partial charge in [-0.3, -0.25) is 4.79 Å². The van der Waals surface area contributed by atoms with E-state index in [4.69, 9.17) is 4.74 Å². The molecule has 1 aromatic rings. The van der Waals surface area contributed by atoms with Gasteiger partial charge >= 0.3 is 0 Å². The van der Waals surface area contributed by atoms with Crippen molar-refractivity contribution in [2.75, 3.05) is 13.2 Å². The van der Waals surface area contributed by atoms with Crippen LogP contribution >= 0.6 is 0 Å². The van der Waals surface area contributed by atoms with Crippen LogP contribution in [0.25, 0.3) is 0 Å². The summed E-state index contributed by atoms with van der Waals surface area (Å²) in [5.74, 6) is 0.968. The summed E-state index contributed by atoms with van der Waals surface area (Å²) in [6.07, 6.45) is 0.289. The first kappa shape index (κ1) is 16.5. The number of hydrogen-bond donors (Lipinski definition) is 2. The molecule has 112 valence electrons. The molecule has 1 atom stereocenters. The van der Waals surface area contributed by atoms with Crippen LogP contribution in [0.5, 0.6) is 5.75 Å². The zero-order valence-electron chi connectivity index (χ0n) is 12.8. The number of aryl methyl sites for hydroxylation is 2. The summed E-state index contributed by atoms with van der Waals surface area (Å²) >= 11 is 0. The van der Waals surface area contributed by atoms with Crippen LogP contribution in [0.4, 0.5) is 0 Å². The quantitative estimate of drug-likeness (QED) is 0.804. The number of aliphatic hydroxyl groups is 1. The number of carbonyl (C=O) groups is 1. The highest BCUT2D eigenvalue weighted by Crippen LogP contribution is 2.22. The molecule has 0 saturated carbocycles. The van der Waals surface area contributed by atoms with Crippen LogP contribution in [0.2, 0.25) is 0 Å². The number of ether oxygens (including phenoxy) is 1. The Kier molecular flexibility index (Phi) is 6.52. The highest BCUT2D eigenvalue weighted by molar-refractivity contribution is 5.76. The van der Waals surface area contributed by atoms with Crippen LogP contribution < -0.4 is 10.1 Å². The van der Waals surface area contributed by atoms with E-state index in [-0.39, 0.29) is 30.9 Å². The molecule has 0 fully saturated rings. The van der Waals surface area contributed by atoms with Gasteiger partial charge in [-0.25, -0.2) is 0 Å². The Morgan fingerprint density at radius 2 is 1.90 bits per heavy atom. The molecule has 0 spiro atoms. The number of amides is 1. The molecule has 0 aliphatic rings. The van der Waals surface area contributed by atoms with Crippen molar-refractivity contribution >= 4 is 5.91 Å². The molecule has 0 bridgehead atoms. The number of rotatable bonds is 7. The monoisotopic (exact) mass is 279 g/mol. The molecule has 4 nitrogen and oxygen atoms in total. The maximum Gasteiger partial charge on any atom is 0.223 e. The summed E-state index contributed by atoms with van der Waals surface area (Å²) in [7, 11) is 0. The van der Waals surface area contributed by atoms with Crippen LogP contribution in [0, 0.1) is 19.8 Å². The van der Waals surface area contributed by atoms with Crippen molar-refractivity contribution in [2.45, 2.75) is 40.2 Å². The summed E-state index contributed by atoms with van der Waals surface area (Å²) in [5.41, 5.74) is 2.14. The zero-order chi connectivity index (χ0) is 15.1. The molecule has 0 saturated heterocycles. The number of nitrogens with one attached hydrogen (secondary N) is 1. The number of hydrogen-bond acceptors (Lipinski definition) is 3. The van der Waals surface area contributed by atoms with Gasteiger partial charge in [-0.1, -0.05) is 32.0 Å². The Labute approximate surface area is 121 Å². The summed E-state index contributed by atoms with van der Waals surface area (Å²) < 4.78 is 5.69. The molecule has 1 amide bonds. The molecule has 0 aromatic heterocycles. The van der Waals surface area contributed by atoms with E-state index in [0.29, 0.717) is 6.61 Å². The van der Waals surface area contributed by atoms with Crippen molar-refractivity contribution in [2.24, 2.45) is 5.92 Å². The van der Waals surface area contributed by atoms with Gasteiger partial charge in [-0.15, -0.1) is 0 Å². The van der Waals surface area contributed by atoms with Crippen LogP contribution in [0.15, 0.2) is 18.2 Å². The second-order valence-electron chi connectivity index (χ2n) is 5.42. The number of benzene rings is 1. The standard InChI is InChI=1S/C16H25NO3/c1-11(2)14(10-18)17-15(19)8-9-20-16-12(3)6-5-7-13(16)4/h5-7,11,14,18H,8-10H2,1-4H3,(H,17,19)/t14-/m1/s1. The number of carbonyl (C=O) groups excluding carboxylic acids is 1. The molecule has 4 heteroatoms. The Morgan fingerprint density at radius 1 is 1.30 bits per heavy atom. The summed E-state index contributed by atoms with van der Waals surface area (Å²) in [6, 6.07) is 5.77. The van der Waals surface area contributed by atoms with E-state index in [0.717, 1.165) is 16.9 Å². The van der Waals surface area contributed by atoms with E-state index in [1.165, 1.54) is 0 Å². The van der Waals surface area contributed by atoms with Gasteiger partial charge in [0, 0.05) is 0 Å². The molecule has 20 heavy (non-hydrogen) atoms. The normalized spacial score (nSPS) is 12.3. The van der Waals surface area contributed by atoms with E-state index < -0.39 is 0 Å². The van der Waals surface area contributed by atoms with Crippen LogP contribution in [-0.2, 0) is 4.79 Å². The van der Waals surface area contributed by atoms with Crippen molar-refractivity contribution in [3.05, 3.63) is 29.3 Å². The minimum atomic E-state index is -0.192. The van der Waals surface area contributed by atoms with Gasteiger partial charge in [0.2, 0.25) is 5.91 Å². The fourth-order valence-electron chi connectivity index (χ4n) is 1.97. The summed E-state index contributed by atoms with van der Waals surface area (Å²) in [4.78, 5) is 11.8. The lowest BCUT2D eigenvalue weighted by Crippen LogP contribution is -2.41. The SMILES string of the molecule is Cc1cccc(C)c1OCCC(=O)N[C@H](CO)C(C)C. The zero-order valence-corrected chi connectivity index (χ0v) is 12.8. The lowest BCUT2D eigenvalue weighted by atomic mass is 10.1. The predicted molar refractivity (Wildman–Crippen MR) is 79.9 cm³/mol. The maximum absolute atomic E-state index is 11.8. The summed E-state index contributed by atoms with van der Waals surface area (Å²) in [6.45, 7) is 8.21. The van der Waals surface area contributed by atoms with Gasteiger partial charge in [0.15, 0.2) is 0 Å².